The van der Waals surface area contributed by atoms with E-state index in [4.69, 9.17) is 4.74 Å². The molecule has 1 aliphatic carbocycles. The molecule has 1 saturated carbocycles. The second-order valence-corrected chi connectivity index (χ2v) is 5.56. The van der Waals surface area contributed by atoms with Crippen molar-refractivity contribution >= 4 is 10.1 Å². The van der Waals surface area contributed by atoms with E-state index in [0.29, 0.717) is 12.8 Å². The zero-order valence-electron chi connectivity index (χ0n) is 8.71. The quantitative estimate of drug-likeness (QED) is 0.558. The Morgan fingerprint density at radius 2 is 1.81 bits per heavy atom. The van der Waals surface area contributed by atoms with Crippen LogP contribution >= 0.6 is 0 Å². The molecule has 0 aromatic carbocycles. The molecule has 0 amide bonds. The number of halogens is 3. The summed E-state index contributed by atoms with van der Waals surface area (Å²) in [5, 5.41) is 0. The van der Waals surface area contributed by atoms with E-state index >= 15 is 0 Å². The van der Waals surface area contributed by atoms with Crippen molar-refractivity contribution in [1.82, 2.24) is 0 Å². The zero-order chi connectivity index (χ0) is 12.4. The van der Waals surface area contributed by atoms with Crippen molar-refractivity contribution in [3.8, 4) is 0 Å². The van der Waals surface area contributed by atoms with Gasteiger partial charge in [-0.1, -0.05) is 6.42 Å². The van der Waals surface area contributed by atoms with Crippen LogP contribution in [-0.2, 0) is 19.0 Å². The summed E-state index contributed by atoms with van der Waals surface area (Å²) in [6, 6.07) is 0. The van der Waals surface area contributed by atoms with E-state index in [9.17, 15) is 21.6 Å². The summed E-state index contributed by atoms with van der Waals surface area (Å²) < 4.78 is 66.1. The molecule has 0 radical (unpaired) electrons. The van der Waals surface area contributed by atoms with Crippen LogP contribution < -0.4 is 0 Å². The van der Waals surface area contributed by atoms with Crippen LogP contribution in [-0.4, -0.2) is 34.2 Å². The van der Waals surface area contributed by atoms with E-state index in [0.717, 1.165) is 6.42 Å². The molecule has 4 nitrogen and oxygen atoms in total. The van der Waals surface area contributed by atoms with Crippen LogP contribution in [0.2, 0.25) is 0 Å². The molecule has 0 aliphatic heterocycles. The molecule has 0 N–H and O–H groups in total. The number of alkyl halides is 3. The molecule has 0 aromatic heterocycles. The fraction of sp³-hybridized carbons (Fsp3) is 1.00. The van der Waals surface area contributed by atoms with Gasteiger partial charge in [-0.05, 0) is 12.8 Å². The molecular weight excluding hydrogens is 249 g/mol. The summed E-state index contributed by atoms with van der Waals surface area (Å²) in [5.74, 6) is 0. The van der Waals surface area contributed by atoms with Gasteiger partial charge in [0.25, 0.3) is 0 Å². The summed E-state index contributed by atoms with van der Waals surface area (Å²) in [6.45, 7) is -0.261. The van der Waals surface area contributed by atoms with Gasteiger partial charge in [0.15, 0.2) is 0 Å². The highest BCUT2D eigenvalue weighted by atomic mass is 32.2. The Hall–Kier alpha value is -0.340. The SMILES string of the molecule is COCC1(COS(=O)(=O)C(F)(F)F)CCC1. The van der Waals surface area contributed by atoms with Crippen molar-refractivity contribution in [2.45, 2.75) is 24.8 Å². The molecule has 0 unspecified atom stereocenters. The molecule has 1 fully saturated rings. The lowest BCUT2D eigenvalue weighted by Gasteiger charge is -2.40. The van der Waals surface area contributed by atoms with Crippen LogP contribution in [0.15, 0.2) is 0 Å². The van der Waals surface area contributed by atoms with Gasteiger partial charge < -0.3 is 4.74 Å². The van der Waals surface area contributed by atoms with Gasteiger partial charge in [-0.2, -0.15) is 21.6 Å². The highest BCUT2D eigenvalue weighted by molar-refractivity contribution is 7.87. The lowest BCUT2D eigenvalue weighted by Crippen LogP contribution is -2.41. The van der Waals surface area contributed by atoms with E-state index in [1.165, 1.54) is 7.11 Å². The first kappa shape index (κ1) is 13.7. The van der Waals surface area contributed by atoms with E-state index in [1.807, 2.05) is 0 Å². The predicted octanol–water partition coefficient (Wildman–Crippen LogP) is 1.67. The maximum atomic E-state index is 12.0. The smallest absolute Gasteiger partial charge is 0.384 e. The molecular formula is C8H13F3O4S. The average Bonchev–Trinajstić information content (AvgIpc) is 2.07. The van der Waals surface area contributed by atoms with Crippen molar-refractivity contribution < 1.29 is 30.5 Å². The Balaban J connectivity index is 2.57. The molecule has 8 heteroatoms. The molecule has 0 heterocycles. The molecule has 0 aromatic rings. The minimum Gasteiger partial charge on any atom is -0.384 e. The fourth-order valence-corrected chi connectivity index (χ4v) is 2.12. The number of methoxy groups -OCH3 is 1. The number of rotatable bonds is 5. The Bertz CT molecular complexity index is 332. The average molecular weight is 262 g/mol. The highest BCUT2D eigenvalue weighted by Gasteiger charge is 2.49. The predicted molar refractivity (Wildman–Crippen MR) is 49.1 cm³/mol. The number of hydrogen-bond acceptors (Lipinski definition) is 4. The minimum atomic E-state index is -5.48. The second-order valence-electron chi connectivity index (χ2n) is 3.95. The van der Waals surface area contributed by atoms with Gasteiger partial charge >= 0.3 is 15.6 Å². The maximum absolute atomic E-state index is 12.0. The van der Waals surface area contributed by atoms with E-state index in [-0.39, 0.29) is 6.61 Å². The van der Waals surface area contributed by atoms with Crippen LogP contribution in [0.4, 0.5) is 13.2 Å². The first-order chi connectivity index (χ1) is 7.22. The maximum Gasteiger partial charge on any atom is 0.523 e. The van der Waals surface area contributed by atoms with Crippen molar-refractivity contribution in [1.29, 1.82) is 0 Å². The van der Waals surface area contributed by atoms with Gasteiger partial charge in [-0.3, -0.25) is 4.18 Å². The lowest BCUT2D eigenvalue weighted by molar-refractivity contribution is -0.0650. The van der Waals surface area contributed by atoms with E-state index in [2.05, 4.69) is 4.18 Å². The Morgan fingerprint density at radius 1 is 1.25 bits per heavy atom. The van der Waals surface area contributed by atoms with Crippen LogP contribution in [0.1, 0.15) is 19.3 Å². The van der Waals surface area contributed by atoms with Crippen molar-refractivity contribution in [2.75, 3.05) is 20.3 Å². The van der Waals surface area contributed by atoms with Crippen molar-refractivity contribution in [3.63, 3.8) is 0 Å². The second kappa shape index (κ2) is 4.50. The molecule has 1 rings (SSSR count). The fourth-order valence-electron chi connectivity index (χ4n) is 1.58. The van der Waals surface area contributed by atoms with Crippen LogP contribution in [0.5, 0.6) is 0 Å². The molecule has 0 bridgehead atoms. The summed E-state index contributed by atoms with van der Waals surface area (Å²) in [6.07, 6.45) is 2.08. The molecule has 0 saturated heterocycles. The standard InChI is InChI=1S/C8H13F3O4S/c1-14-5-7(3-2-4-7)6-15-16(12,13)8(9,10)11/h2-6H2,1H3. The van der Waals surface area contributed by atoms with Crippen LogP contribution in [0, 0.1) is 5.41 Å². The third-order valence-corrected chi connectivity index (χ3v) is 3.66. The van der Waals surface area contributed by atoms with Gasteiger partial charge in [-0.15, -0.1) is 0 Å². The number of ether oxygens (including phenoxy) is 1. The largest absolute Gasteiger partial charge is 0.523 e. The minimum absolute atomic E-state index is 0.209. The summed E-state index contributed by atoms with van der Waals surface area (Å²) in [7, 11) is -4.07. The van der Waals surface area contributed by atoms with Gasteiger partial charge in [0.2, 0.25) is 0 Å². The van der Waals surface area contributed by atoms with Crippen molar-refractivity contribution in [3.05, 3.63) is 0 Å². The Morgan fingerprint density at radius 3 is 2.12 bits per heavy atom. The summed E-state index contributed by atoms with van der Waals surface area (Å²) in [5.41, 5.74) is -5.93. The Kier molecular flexibility index (Phi) is 3.86. The first-order valence-electron chi connectivity index (χ1n) is 4.67. The lowest BCUT2D eigenvalue weighted by atomic mass is 9.70. The molecule has 96 valence electrons. The monoisotopic (exact) mass is 262 g/mol. The van der Waals surface area contributed by atoms with Crippen molar-refractivity contribution in [2.24, 2.45) is 5.41 Å². The van der Waals surface area contributed by atoms with Gasteiger partial charge in [-0.25, -0.2) is 0 Å². The molecule has 0 spiro atoms. The first-order valence-corrected chi connectivity index (χ1v) is 6.08. The normalized spacial score (nSPS) is 20.5. The van der Waals surface area contributed by atoms with Crippen LogP contribution in [0.25, 0.3) is 0 Å². The van der Waals surface area contributed by atoms with Crippen LogP contribution in [0.3, 0.4) is 0 Å². The highest BCUT2D eigenvalue weighted by Crippen LogP contribution is 2.42. The molecule has 16 heavy (non-hydrogen) atoms. The summed E-state index contributed by atoms with van der Waals surface area (Å²) >= 11 is 0. The zero-order valence-corrected chi connectivity index (χ0v) is 9.53. The van der Waals surface area contributed by atoms with E-state index < -0.39 is 27.6 Å². The molecule has 1 aliphatic rings. The third kappa shape index (κ3) is 2.86. The third-order valence-electron chi connectivity index (χ3n) is 2.67. The Labute approximate surface area is 91.8 Å². The van der Waals surface area contributed by atoms with Gasteiger partial charge in [0.1, 0.15) is 0 Å². The topological polar surface area (TPSA) is 52.6 Å². The van der Waals surface area contributed by atoms with E-state index in [1.54, 1.807) is 0 Å². The summed E-state index contributed by atoms with van der Waals surface area (Å²) in [4.78, 5) is 0. The van der Waals surface area contributed by atoms with Gasteiger partial charge in [0.05, 0.1) is 13.2 Å². The molecule has 0 atom stereocenters. The number of hydrogen-bond donors (Lipinski definition) is 0. The van der Waals surface area contributed by atoms with Gasteiger partial charge in [0, 0.05) is 12.5 Å².